The standard InChI is InChI=1S/C23H31N3O2.C22H29N3O2.C22H28N2O2.C15H21Br.C6H7N3O2/c1-8-26(20-14-24-18(13-25-20)21(27)28-7)19-12-17-16(11-15(19)2)22(3,4)9-10-23(17,5)6;1-7-25(19-13-23-17(12-24-19)20(26)27)18-11-16-15(10-14(18)2)21(3,4)8-9-22(16,5)6;1-14-9-17-18(22(4,5)8-7-21(17,2)3)11-15(14)10-16-12-24-19(13-23-16)20(25)26-6;1-10-8-11-12(9-13(10)16)15(4,5)7-6-14(11,2)3;1-11-6(10)4-2-9-5(7)3-8-4/h11-14H,8-10H2,1-7H3;10-13H,7-9H2,1-6H3,(H,26,27);9,11-13H,7-8,10H2,1-6H3;8-9H,6-7H2,1-5H3;2-3H,1H3,(H2,7,9). The Labute approximate surface area is 650 Å². The summed E-state index contributed by atoms with van der Waals surface area (Å²) in [6.45, 7) is 51.8. The molecule has 0 spiro atoms. The average molecular weight is 1540 g/mol. The molecule has 3 N–H and O–H groups in total. The van der Waals surface area contributed by atoms with Crippen LogP contribution in [0.15, 0.2) is 103 Å². The molecule has 0 aliphatic heterocycles. The van der Waals surface area contributed by atoms with Crippen LogP contribution in [0.1, 0.15) is 296 Å². The Morgan fingerprint density at radius 3 is 0.991 bits per heavy atom. The van der Waals surface area contributed by atoms with Crippen LogP contribution < -0.4 is 15.5 Å². The van der Waals surface area contributed by atoms with E-state index in [-0.39, 0.29) is 61.1 Å². The van der Waals surface area contributed by atoms with Crippen LogP contribution in [-0.4, -0.2) is 103 Å². The highest BCUT2D eigenvalue weighted by Crippen LogP contribution is 2.52. The summed E-state index contributed by atoms with van der Waals surface area (Å²) in [4.78, 5) is 82.2. The molecule has 4 aliphatic carbocycles. The Morgan fingerprint density at radius 2 is 0.685 bits per heavy atom. The van der Waals surface area contributed by atoms with Gasteiger partial charge in [-0.3, -0.25) is 4.98 Å². The van der Waals surface area contributed by atoms with Gasteiger partial charge in [-0.1, -0.05) is 157 Å². The largest absolute Gasteiger partial charge is 0.476 e. The van der Waals surface area contributed by atoms with Gasteiger partial charge in [0, 0.05) is 41.6 Å². The number of aryl methyl sites for hydroxylation is 4. The van der Waals surface area contributed by atoms with Gasteiger partial charge in [-0.15, -0.1) is 0 Å². The van der Waals surface area contributed by atoms with Crippen molar-refractivity contribution in [2.45, 2.75) is 253 Å². The highest BCUT2D eigenvalue weighted by molar-refractivity contribution is 9.10. The maximum atomic E-state index is 11.6. The molecule has 4 aromatic heterocycles. The minimum absolute atomic E-state index is 0.0418. The Hall–Kier alpha value is -9.04. The van der Waals surface area contributed by atoms with E-state index < -0.39 is 23.9 Å². The third-order valence-corrected chi connectivity index (χ3v) is 23.8. The summed E-state index contributed by atoms with van der Waals surface area (Å²) in [6, 6.07) is 18.8. The first kappa shape index (κ1) is 84.6. The predicted molar refractivity (Wildman–Crippen MR) is 435 cm³/mol. The van der Waals surface area contributed by atoms with E-state index in [2.05, 4.69) is 276 Å². The molecule has 0 bridgehead atoms. The number of nitrogens with zero attached hydrogens (tertiary/aromatic N) is 10. The number of benzene rings is 4. The summed E-state index contributed by atoms with van der Waals surface area (Å²) in [5.41, 5.74) is 28.7. The van der Waals surface area contributed by atoms with Crippen molar-refractivity contribution in [3.05, 3.63) is 203 Å². The Bertz CT molecular complexity index is 4540. The molecule has 0 atom stereocenters. The number of methoxy groups -OCH3 is 3. The summed E-state index contributed by atoms with van der Waals surface area (Å²) in [6.07, 6.45) is 22.1. The van der Waals surface area contributed by atoms with Crippen molar-refractivity contribution in [3.63, 3.8) is 0 Å². The Balaban J connectivity index is 0.000000175. The summed E-state index contributed by atoms with van der Waals surface area (Å²) < 4.78 is 15.0. The normalized spacial score (nSPS) is 17.1. The molecule has 4 aromatic carbocycles. The first-order valence-corrected chi connectivity index (χ1v) is 38.4. The van der Waals surface area contributed by atoms with Gasteiger partial charge in [-0.25, -0.2) is 54.1 Å². The van der Waals surface area contributed by atoms with Gasteiger partial charge >= 0.3 is 23.9 Å². The zero-order valence-electron chi connectivity index (χ0n) is 68.7. The fraction of sp³-hybridized carbons (Fsp3) is 0.500. The number of nitrogen functional groups attached to an aromatic ring is 1. The van der Waals surface area contributed by atoms with Crippen LogP contribution in [-0.2, 0) is 64.0 Å². The molecule has 0 saturated heterocycles. The lowest BCUT2D eigenvalue weighted by molar-refractivity contribution is 0.0584. The summed E-state index contributed by atoms with van der Waals surface area (Å²) >= 11 is 3.66. The van der Waals surface area contributed by atoms with E-state index in [4.69, 9.17) is 15.6 Å². The number of carbonyl (C=O) groups excluding carboxylic acids is 3. The molecule has 20 heteroatoms. The fourth-order valence-corrected chi connectivity index (χ4v) is 15.6. The van der Waals surface area contributed by atoms with Crippen molar-refractivity contribution in [2.24, 2.45) is 0 Å². The van der Waals surface area contributed by atoms with Gasteiger partial charge in [0.15, 0.2) is 34.4 Å². The number of carboxylic acids is 1. The molecule has 4 aliphatic rings. The molecule has 19 nitrogen and oxygen atoms in total. The zero-order valence-corrected chi connectivity index (χ0v) is 70.3. The van der Waals surface area contributed by atoms with Crippen molar-refractivity contribution in [1.82, 2.24) is 39.9 Å². The number of nitrogens with two attached hydrogens (primary N) is 1. The maximum absolute atomic E-state index is 11.6. The number of ether oxygens (including phenoxy) is 3. The predicted octanol–water partition coefficient (Wildman–Crippen LogP) is 19.5. The molecule has 108 heavy (non-hydrogen) atoms. The van der Waals surface area contributed by atoms with Crippen molar-refractivity contribution in [1.29, 1.82) is 0 Å². The minimum atomic E-state index is -1.06. The molecule has 12 rings (SSSR count). The van der Waals surface area contributed by atoms with Crippen LogP contribution in [0.3, 0.4) is 0 Å². The number of carbonyl (C=O) groups is 4. The molecule has 8 aromatic rings. The van der Waals surface area contributed by atoms with Crippen molar-refractivity contribution in [3.8, 4) is 0 Å². The zero-order chi connectivity index (χ0) is 80.2. The van der Waals surface area contributed by atoms with Gasteiger partial charge < -0.3 is 34.9 Å². The topological polar surface area (TPSA) is 252 Å². The highest BCUT2D eigenvalue weighted by atomic mass is 79.9. The lowest BCUT2D eigenvalue weighted by atomic mass is 9.62. The quantitative estimate of drug-likeness (QED) is 0.0851. The van der Waals surface area contributed by atoms with Gasteiger partial charge in [0.05, 0.1) is 70.4 Å². The van der Waals surface area contributed by atoms with Crippen LogP contribution in [0.25, 0.3) is 0 Å². The monoisotopic (exact) mass is 1530 g/mol. The van der Waals surface area contributed by atoms with E-state index in [1.807, 2.05) is 0 Å². The molecular formula is C88H116BrN11O8. The van der Waals surface area contributed by atoms with Crippen LogP contribution in [0, 0.1) is 27.7 Å². The number of hydrogen-bond acceptors (Lipinski definition) is 18. The second-order valence-corrected chi connectivity index (χ2v) is 35.4. The van der Waals surface area contributed by atoms with Crippen molar-refractivity contribution < 1.29 is 38.5 Å². The van der Waals surface area contributed by atoms with E-state index in [0.29, 0.717) is 23.1 Å². The van der Waals surface area contributed by atoms with Gasteiger partial charge in [0.25, 0.3) is 0 Å². The summed E-state index contributed by atoms with van der Waals surface area (Å²) in [5.74, 6) is -0.847. The first-order valence-electron chi connectivity index (χ1n) is 37.6. The molecule has 0 unspecified atom stereocenters. The SMILES string of the molecule is CCN(c1cnc(C(=O)O)cn1)c1cc2c(cc1C)C(C)(C)CCC2(C)C.CCN(c1cnc(C(=O)OC)cn1)c1cc2c(cc1C)C(C)(C)CCC2(C)C.COC(=O)c1cnc(Cc2cc3c(cc2C)C(C)(C)CCC3(C)C)cn1.COC(=O)c1cnc(N)cn1.Cc1cc2c(cc1Br)C(C)(C)CCC2(C)C. The molecule has 578 valence electrons. The van der Waals surface area contributed by atoms with Crippen LogP contribution in [0.4, 0.5) is 28.8 Å². The second-order valence-electron chi connectivity index (χ2n) is 34.6. The van der Waals surface area contributed by atoms with Crippen LogP contribution >= 0.6 is 15.9 Å². The number of carboxylic acid groups (broad SMARTS) is 1. The Kier molecular flexibility index (Phi) is 25.9. The summed E-state index contributed by atoms with van der Waals surface area (Å²) in [5, 5.41) is 9.06. The molecule has 0 fully saturated rings. The van der Waals surface area contributed by atoms with E-state index in [9.17, 15) is 19.2 Å². The van der Waals surface area contributed by atoms with Crippen molar-refractivity contribution in [2.75, 3.05) is 50.0 Å². The highest BCUT2D eigenvalue weighted by Gasteiger charge is 2.42. The van der Waals surface area contributed by atoms with E-state index in [0.717, 1.165) is 42.4 Å². The number of rotatable bonds is 12. The van der Waals surface area contributed by atoms with Crippen LogP contribution in [0.2, 0.25) is 0 Å². The lowest BCUT2D eigenvalue weighted by Gasteiger charge is -2.43. The minimum Gasteiger partial charge on any atom is -0.476 e. The molecule has 0 amide bonds. The van der Waals surface area contributed by atoms with E-state index in [1.165, 1.54) is 168 Å². The number of aromatic carboxylic acids is 1. The number of esters is 3. The molecule has 4 heterocycles. The van der Waals surface area contributed by atoms with Gasteiger partial charge in [0.1, 0.15) is 5.82 Å². The van der Waals surface area contributed by atoms with Gasteiger partial charge in [0.2, 0.25) is 0 Å². The van der Waals surface area contributed by atoms with E-state index >= 15 is 0 Å². The molecular weight excluding hydrogens is 1420 g/mol. The van der Waals surface area contributed by atoms with Crippen molar-refractivity contribution >= 4 is 68.6 Å². The Morgan fingerprint density at radius 1 is 0.389 bits per heavy atom. The lowest BCUT2D eigenvalue weighted by Crippen LogP contribution is -2.34. The number of fused-ring (bicyclic) bond motifs is 4. The second kappa shape index (κ2) is 33.0. The fourth-order valence-electron chi connectivity index (χ4n) is 15.2. The van der Waals surface area contributed by atoms with E-state index in [1.54, 1.807) is 24.2 Å². The number of halogens is 1. The molecule has 0 radical (unpaired) electrons. The van der Waals surface area contributed by atoms with Crippen LogP contribution in [0.5, 0.6) is 0 Å². The van der Waals surface area contributed by atoms with Gasteiger partial charge in [-0.2, -0.15) is 0 Å². The third-order valence-electron chi connectivity index (χ3n) is 23.0. The number of hydrogen-bond donors (Lipinski definition) is 2. The molecule has 0 saturated carbocycles. The third kappa shape index (κ3) is 19.0. The summed E-state index contributed by atoms with van der Waals surface area (Å²) in [7, 11) is 3.97. The maximum Gasteiger partial charge on any atom is 0.358 e. The first-order chi connectivity index (χ1) is 50.3. The number of anilines is 5. The van der Waals surface area contributed by atoms with Gasteiger partial charge in [-0.05, 0) is 227 Å². The number of aromatic nitrogens is 8. The average Bonchev–Trinajstić information content (AvgIpc) is 0.761. The smallest absolute Gasteiger partial charge is 0.358 e.